The topological polar surface area (TPSA) is 62.9 Å². The Labute approximate surface area is 170 Å². The minimum atomic E-state index is -0.882. The molecule has 0 radical (unpaired) electrons. The number of hydrogen-bond acceptors (Lipinski definition) is 5. The van der Waals surface area contributed by atoms with E-state index in [1.54, 1.807) is 13.8 Å². The summed E-state index contributed by atoms with van der Waals surface area (Å²) in [5.41, 5.74) is 3.32. The Kier molecular flexibility index (Phi) is 5.26. The zero-order chi connectivity index (χ0) is 20.4. The molecule has 4 rings (SSSR count). The van der Waals surface area contributed by atoms with E-state index in [0.29, 0.717) is 12.3 Å². The number of ether oxygens (including phenoxy) is 1. The highest BCUT2D eigenvalue weighted by Crippen LogP contribution is 2.24. The van der Waals surface area contributed by atoms with Crippen molar-refractivity contribution in [3.8, 4) is 5.75 Å². The molecule has 5 heteroatoms. The van der Waals surface area contributed by atoms with Gasteiger partial charge in [-0.05, 0) is 36.1 Å². The Morgan fingerprint density at radius 3 is 2.31 bits per heavy atom. The minimum absolute atomic E-state index is 0.184. The van der Waals surface area contributed by atoms with Crippen LogP contribution in [0.1, 0.15) is 41.9 Å². The molecule has 0 saturated heterocycles. The summed E-state index contributed by atoms with van der Waals surface area (Å²) >= 11 is 0. The van der Waals surface area contributed by atoms with E-state index >= 15 is 0 Å². The monoisotopic (exact) mass is 391 g/mol. The first-order valence-corrected chi connectivity index (χ1v) is 9.74. The van der Waals surface area contributed by atoms with Crippen LogP contribution in [0.5, 0.6) is 5.75 Å². The number of fused-ring (bicyclic) bond motifs is 1. The van der Waals surface area contributed by atoms with Gasteiger partial charge in [0.1, 0.15) is 18.6 Å². The largest absolute Gasteiger partial charge is 0.482 e. The smallest absolute Gasteiger partial charge is 0.227 e. The van der Waals surface area contributed by atoms with E-state index in [1.165, 1.54) is 23.5 Å². The lowest BCUT2D eigenvalue weighted by Crippen LogP contribution is -2.17. The average molecular weight is 391 g/mol. The average Bonchev–Trinajstić information content (AvgIpc) is 3.09. The summed E-state index contributed by atoms with van der Waals surface area (Å²) in [5, 5.41) is 10.0. The zero-order valence-electron chi connectivity index (χ0n) is 16.7. The SMILES string of the molecule is CC(C)(O)c1ccc(COc2coc(CN3Cc4ccccc4C3)cc2=O)cc1. The van der Waals surface area contributed by atoms with E-state index in [9.17, 15) is 9.90 Å². The standard InChI is InChI=1S/C24H25NO4/c1-24(2,27)20-9-7-17(8-10-20)15-29-23-16-28-21(11-22(23)26)14-25-12-18-5-3-4-6-19(18)13-25/h3-11,16,27H,12-15H2,1-2H3. The van der Waals surface area contributed by atoms with Crippen molar-refractivity contribution < 1.29 is 14.3 Å². The lowest BCUT2D eigenvalue weighted by atomic mass is 9.97. The van der Waals surface area contributed by atoms with Gasteiger partial charge in [0, 0.05) is 19.2 Å². The first-order chi connectivity index (χ1) is 13.9. The van der Waals surface area contributed by atoms with Gasteiger partial charge in [0.2, 0.25) is 11.2 Å². The quantitative estimate of drug-likeness (QED) is 0.689. The van der Waals surface area contributed by atoms with E-state index in [2.05, 4.69) is 17.0 Å². The summed E-state index contributed by atoms with van der Waals surface area (Å²) in [5.74, 6) is 0.828. The molecule has 2 aromatic carbocycles. The van der Waals surface area contributed by atoms with Gasteiger partial charge in [-0.15, -0.1) is 0 Å². The van der Waals surface area contributed by atoms with Crippen molar-refractivity contribution in [3.63, 3.8) is 0 Å². The minimum Gasteiger partial charge on any atom is -0.482 e. The van der Waals surface area contributed by atoms with Crippen LogP contribution in [0.15, 0.2) is 70.1 Å². The third-order valence-corrected chi connectivity index (χ3v) is 5.19. The molecule has 5 nitrogen and oxygen atoms in total. The highest BCUT2D eigenvalue weighted by molar-refractivity contribution is 5.30. The second-order valence-electron chi connectivity index (χ2n) is 8.03. The Morgan fingerprint density at radius 1 is 1.07 bits per heavy atom. The molecule has 0 saturated carbocycles. The number of hydrogen-bond donors (Lipinski definition) is 1. The molecule has 0 unspecified atom stereocenters. The Bertz CT molecular complexity index is 1020. The zero-order valence-corrected chi connectivity index (χ0v) is 16.7. The lowest BCUT2D eigenvalue weighted by molar-refractivity contribution is 0.0785. The first-order valence-electron chi connectivity index (χ1n) is 9.74. The van der Waals surface area contributed by atoms with Crippen LogP contribution >= 0.6 is 0 Å². The number of rotatable bonds is 6. The van der Waals surface area contributed by atoms with Gasteiger partial charge in [0.05, 0.1) is 12.1 Å². The molecular formula is C24H25NO4. The van der Waals surface area contributed by atoms with Gasteiger partial charge < -0.3 is 14.3 Å². The molecule has 0 spiro atoms. The third-order valence-electron chi connectivity index (χ3n) is 5.19. The Morgan fingerprint density at radius 2 is 1.72 bits per heavy atom. The molecule has 1 aliphatic heterocycles. The molecule has 0 bridgehead atoms. The van der Waals surface area contributed by atoms with Crippen molar-refractivity contribution in [3.05, 3.63) is 99.1 Å². The molecular weight excluding hydrogens is 366 g/mol. The Balaban J connectivity index is 1.36. The molecule has 0 aliphatic carbocycles. The molecule has 0 fully saturated rings. The van der Waals surface area contributed by atoms with Crippen molar-refractivity contribution in [2.24, 2.45) is 0 Å². The van der Waals surface area contributed by atoms with Crippen molar-refractivity contribution >= 4 is 0 Å². The summed E-state index contributed by atoms with van der Waals surface area (Å²) in [6.45, 7) is 6.05. The maximum atomic E-state index is 12.4. The maximum absolute atomic E-state index is 12.4. The first kappa shape index (κ1) is 19.4. The van der Waals surface area contributed by atoms with Crippen LogP contribution in [0.4, 0.5) is 0 Å². The molecule has 1 aliphatic rings. The second-order valence-corrected chi connectivity index (χ2v) is 8.03. The normalized spacial score (nSPS) is 14.0. The van der Waals surface area contributed by atoms with Crippen LogP contribution in [0.25, 0.3) is 0 Å². The summed E-state index contributed by atoms with van der Waals surface area (Å²) in [4.78, 5) is 14.6. The fourth-order valence-electron chi connectivity index (χ4n) is 3.53. The van der Waals surface area contributed by atoms with Crippen LogP contribution in [0.3, 0.4) is 0 Å². The molecule has 29 heavy (non-hydrogen) atoms. The van der Waals surface area contributed by atoms with Crippen molar-refractivity contribution in [2.45, 2.75) is 45.7 Å². The van der Waals surface area contributed by atoms with Crippen molar-refractivity contribution in [2.75, 3.05) is 0 Å². The van der Waals surface area contributed by atoms with Crippen LogP contribution in [-0.2, 0) is 31.8 Å². The van der Waals surface area contributed by atoms with Gasteiger partial charge in [-0.3, -0.25) is 9.69 Å². The van der Waals surface area contributed by atoms with E-state index in [1.807, 2.05) is 36.4 Å². The number of nitrogens with zero attached hydrogens (tertiary/aromatic N) is 1. The Hall–Kier alpha value is -2.89. The highest BCUT2D eigenvalue weighted by Gasteiger charge is 2.19. The highest BCUT2D eigenvalue weighted by atomic mass is 16.5. The number of aliphatic hydroxyl groups is 1. The van der Waals surface area contributed by atoms with Crippen LogP contribution < -0.4 is 10.2 Å². The van der Waals surface area contributed by atoms with Gasteiger partial charge in [0.15, 0.2) is 0 Å². The fourth-order valence-corrected chi connectivity index (χ4v) is 3.53. The summed E-state index contributed by atoms with van der Waals surface area (Å²) in [7, 11) is 0. The predicted octanol–water partition coefficient (Wildman–Crippen LogP) is 3.96. The van der Waals surface area contributed by atoms with Crippen molar-refractivity contribution in [1.29, 1.82) is 0 Å². The molecule has 1 N–H and O–H groups in total. The fraction of sp³-hybridized carbons (Fsp3) is 0.292. The summed E-state index contributed by atoms with van der Waals surface area (Å²) in [6, 6.07) is 17.4. The third kappa shape index (κ3) is 4.58. The van der Waals surface area contributed by atoms with E-state index in [0.717, 1.165) is 24.2 Å². The van der Waals surface area contributed by atoms with Crippen LogP contribution in [0, 0.1) is 0 Å². The summed E-state index contributed by atoms with van der Waals surface area (Å²) in [6.07, 6.45) is 1.39. The lowest BCUT2D eigenvalue weighted by Gasteiger charge is -2.18. The van der Waals surface area contributed by atoms with Crippen molar-refractivity contribution in [1.82, 2.24) is 4.90 Å². The van der Waals surface area contributed by atoms with Gasteiger partial charge >= 0.3 is 0 Å². The van der Waals surface area contributed by atoms with Gasteiger partial charge in [-0.1, -0.05) is 48.5 Å². The predicted molar refractivity (Wildman–Crippen MR) is 110 cm³/mol. The van der Waals surface area contributed by atoms with Gasteiger partial charge in [-0.2, -0.15) is 0 Å². The molecule has 2 heterocycles. The molecule has 0 atom stereocenters. The van der Waals surface area contributed by atoms with Gasteiger partial charge in [0.25, 0.3) is 0 Å². The summed E-state index contributed by atoms with van der Waals surface area (Å²) < 4.78 is 11.3. The van der Waals surface area contributed by atoms with Crippen LogP contribution in [-0.4, -0.2) is 10.0 Å². The van der Waals surface area contributed by atoms with Crippen LogP contribution in [0.2, 0.25) is 0 Å². The van der Waals surface area contributed by atoms with Gasteiger partial charge in [-0.25, -0.2) is 0 Å². The number of benzene rings is 2. The maximum Gasteiger partial charge on any atom is 0.227 e. The molecule has 150 valence electrons. The molecule has 1 aromatic heterocycles. The van der Waals surface area contributed by atoms with E-state index in [4.69, 9.17) is 9.15 Å². The molecule has 3 aromatic rings. The van der Waals surface area contributed by atoms with E-state index < -0.39 is 5.60 Å². The van der Waals surface area contributed by atoms with E-state index in [-0.39, 0.29) is 17.8 Å². The second kappa shape index (κ2) is 7.85. The molecule has 0 amide bonds.